The Bertz CT molecular complexity index is 693. The first-order valence-electron chi connectivity index (χ1n) is 7.94. The molecule has 0 N–H and O–H groups in total. The molecule has 1 fully saturated rings. The Balaban J connectivity index is 1.96. The standard InChI is InChI=1S/C17H25NO5S/c1-17(2,3)24(20,21)13-9-10-18(11-13)16(19)12-23-15-8-6-5-7-14(15)22-4/h5-8,13H,9-12H2,1-4H3. The van der Waals surface area contributed by atoms with Crippen LogP contribution in [0.25, 0.3) is 0 Å². The molecule has 1 saturated heterocycles. The molecule has 1 heterocycles. The number of para-hydroxylation sites is 2. The Kier molecular flexibility index (Phi) is 5.42. The highest BCUT2D eigenvalue weighted by molar-refractivity contribution is 7.93. The number of sulfone groups is 1. The van der Waals surface area contributed by atoms with E-state index in [2.05, 4.69) is 0 Å². The highest BCUT2D eigenvalue weighted by atomic mass is 32.2. The van der Waals surface area contributed by atoms with Crippen molar-refractivity contribution in [2.75, 3.05) is 26.8 Å². The van der Waals surface area contributed by atoms with Crippen molar-refractivity contribution < 1.29 is 22.7 Å². The number of carbonyl (C=O) groups is 1. The van der Waals surface area contributed by atoms with Gasteiger partial charge in [-0.1, -0.05) is 12.1 Å². The van der Waals surface area contributed by atoms with E-state index in [4.69, 9.17) is 9.47 Å². The molecular formula is C17H25NO5S. The molecule has 0 aromatic heterocycles. The highest BCUT2D eigenvalue weighted by Crippen LogP contribution is 2.28. The van der Waals surface area contributed by atoms with Crippen molar-refractivity contribution in [1.29, 1.82) is 0 Å². The molecule has 1 atom stereocenters. The average molecular weight is 355 g/mol. The van der Waals surface area contributed by atoms with E-state index in [1.54, 1.807) is 43.9 Å². The quantitative estimate of drug-likeness (QED) is 0.806. The number of carbonyl (C=O) groups excluding carboxylic acids is 1. The number of nitrogens with zero attached hydrogens (tertiary/aromatic N) is 1. The summed E-state index contributed by atoms with van der Waals surface area (Å²) in [7, 11) is -1.74. The molecule has 0 spiro atoms. The van der Waals surface area contributed by atoms with Gasteiger partial charge in [0.1, 0.15) is 0 Å². The minimum atomic E-state index is -3.28. The van der Waals surface area contributed by atoms with E-state index in [0.29, 0.717) is 24.5 Å². The molecule has 0 bridgehead atoms. The number of hydrogen-bond donors (Lipinski definition) is 0. The van der Waals surface area contributed by atoms with Gasteiger partial charge in [0.15, 0.2) is 27.9 Å². The zero-order valence-corrected chi connectivity index (χ0v) is 15.4. The van der Waals surface area contributed by atoms with Gasteiger partial charge in [-0.25, -0.2) is 8.42 Å². The van der Waals surface area contributed by atoms with Crippen LogP contribution in [0.2, 0.25) is 0 Å². The number of amides is 1. The Hall–Kier alpha value is -1.76. The lowest BCUT2D eigenvalue weighted by molar-refractivity contribution is -0.132. The molecule has 6 nitrogen and oxygen atoms in total. The van der Waals surface area contributed by atoms with E-state index in [1.165, 1.54) is 7.11 Å². The second kappa shape index (κ2) is 7.01. The van der Waals surface area contributed by atoms with Gasteiger partial charge in [-0.05, 0) is 39.3 Å². The first kappa shape index (κ1) is 18.6. The summed E-state index contributed by atoms with van der Waals surface area (Å²) in [5.41, 5.74) is 0. The normalized spacial score (nSPS) is 18.5. The predicted octanol–water partition coefficient (Wildman–Crippen LogP) is 1.89. The summed E-state index contributed by atoms with van der Waals surface area (Å²) in [6, 6.07) is 7.09. The fraction of sp³-hybridized carbons (Fsp3) is 0.588. The molecule has 1 amide bonds. The lowest BCUT2D eigenvalue weighted by Gasteiger charge is -2.24. The lowest BCUT2D eigenvalue weighted by Crippen LogP contribution is -2.40. The lowest BCUT2D eigenvalue weighted by atomic mass is 10.3. The van der Waals surface area contributed by atoms with Crippen LogP contribution in [0.5, 0.6) is 11.5 Å². The van der Waals surface area contributed by atoms with E-state index in [0.717, 1.165) is 0 Å². The van der Waals surface area contributed by atoms with Gasteiger partial charge >= 0.3 is 0 Å². The molecule has 1 unspecified atom stereocenters. The molecule has 134 valence electrons. The Morgan fingerprint density at radius 2 is 1.88 bits per heavy atom. The van der Waals surface area contributed by atoms with Gasteiger partial charge in [0, 0.05) is 13.1 Å². The van der Waals surface area contributed by atoms with Crippen molar-refractivity contribution >= 4 is 15.7 Å². The third-order valence-electron chi connectivity index (χ3n) is 4.21. The maximum Gasteiger partial charge on any atom is 0.260 e. The molecule has 24 heavy (non-hydrogen) atoms. The third-order valence-corrected chi connectivity index (χ3v) is 7.18. The molecule has 0 radical (unpaired) electrons. The number of likely N-dealkylation sites (tertiary alicyclic amines) is 1. The van der Waals surface area contributed by atoms with Gasteiger partial charge in [0.2, 0.25) is 0 Å². The maximum atomic E-state index is 12.5. The Morgan fingerprint density at radius 1 is 1.25 bits per heavy atom. The Labute approximate surface area is 143 Å². The number of rotatable bonds is 5. The monoisotopic (exact) mass is 355 g/mol. The van der Waals surface area contributed by atoms with Crippen molar-refractivity contribution in [1.82, 2.24) is 4.90 Å². The van der Waals surface area contributed by atoms with Crippen LogP contribution in [0, 0.1) is 0 Å². The van der Waals surface area contributed by atoms with Crippen LogP contribution in [0.3, 0.4) is 0 Å². The van der Waals surface area contributed by atoms with Gasteiger partial charge in [-0.15, -0.1) is 0 Å². The Morgan fingerprint density at radius 3 is 2.46 bits per heavy atom. The van der Waals surface area contributed by atoms with Crippen molar-refractivity contribution in [2.45, 2.75) is 37.2 Å². The molecule has 1 aliphatic rings. The van der Waals surface area contributed by atoms with Crippen molar-refractivity contribution in [3.8, 4) is 11.5 Å². The summed E-state index contributed by atoms with van der Waals surface area (Å²) in [6.07, 6.45) is 0.472. The summed E-state index contributed by atoms with van der Waals surface area (Å²) >= 11 is 0. The first-order chi connectivity index (χ1) is 11.2. The topological polar surface area (TPSA) is 72.9 Å². The van der Waals surface area contributed by atoms with Crippen LogP contribution in [-0.2, 0) is 14.6 Å². The third kappa shape index (κ3) is 3.83. The molecule has 1 aliphatic heterocycles. The SMILES string of the molecule is COc1ccccc1OCC(=O)N1CCC(S(=O)(=O)C(C)(C)C)C1. The molecule has 0 aliphatic carbocycles. The summed E-state index contributed by atoms with van der Waals surface area (Å²) in [6.45, 7) is 5.61. The van der Waals surface area contributed by atoms with Gasteiger partial charge in [0.25, 0.3) is 5.91 Å². The first-order valence-corrected chi connectivity index (χ1v) is 9.48. The van der Waals surface area contributed by atoms with Gasteiger partial charge in [0.05, 0.1) is 17.1 Å². The van der Waals surface area contributed by atoms with E-state index in [1.807, 2.05) is 6.07 Å². The minimum Gasteiger partial charge on any atom is -0.493 e. The summed E-state index contributed by atoms with van der Waals surface area (Å²) in [5.74, 6) is 0.832. The second-order valence-corrected chi connectivity index (χ2v) is 9.83. The number of methoxy groups -OCH3 is 1. The van der Waals surface area contributed by atoms with Crippen LogP contribution in [-0.4, -0.2) is 56.0 Å². The van der Waals surface area contributed by atoms with Crippen LogP contribution in [0.15, 0.2) is 24.3 Å². The van der Waals surface area contributed by atoms with Crippen LogP contribution in [0.1, 0.15) is 27.2 Å². The van der Waals surface area contributed by atoms with Crippen molar-refractivity contribution in [3.05, 3.63) is 24.3 Å². The zero-order valence-electron chi connectivity index (χ0n) is 14.6. The highest BCUT2D eigenvalue weighted by Gasteiger charge is 2.41. The van der Waals surface area contributed by atoms with Crippen molar-refractivity contribution in [2.24, 2.45) is 0 Å². The number of ether oxygens (including phenoxy) is 2. The summed E-state index contributed by atoms with van der Waals surface area (Å²) < 4.78 is 34.9. The van der Waals surface area contributed by atoms with Crippen LogP contribution in [0.4, 0.5) is 0 Å². The van der Waals surface area contributed by atoms with Crippen LogP contribution >= 0.6 is 0 Å². The largest absolute Gasteiger partial charge is 0.493 e. The van der Waals surface area contributed by atoms with E-state index in [-0.39, 0.29) is 19.1 Å². The maximum absolute atomic E-state index is 12.5. The predicted molar refractivity (Wildman–Crippen MR) is 92.1 cm³/mol. The van der Waals surface area contributed by atoms with Gasteiger partial charge in [-0.2, -0.15) is 0 Å². The minimum absolute atomic E-state index is 0.136. The second-order valence-electron chi connectivity index (χ2n) is 6.85. The van der Waals surface area contributed by atoms with Gasteiger partial charge < -0.3 is 14.4 Å². The van der Waals surface area contributed by atoms with Crippen molar-refractivity contribution in [3.63, 3.8) is 0 Å². The van der Waals surface area contributed by atoms with E-state index in [9.17, 15) is 13.2 Å². The summed E-state index contributed by atoms with van der Waals surface area (Å²) in [5, 5.41) is -0.507. The molecule has 1 aromatic rings. The fourth-order valence-corrected chi connectivity index (χ4v) is 4.47. The van der Waals surface area contributed by atoms with Crippen LogP contribution < -0.4 is 9.47 Å². The molecule has 2 rings (SSSR count). The molecule has 7 heteroatoms. The number of benzene rings is 1. The van der Waals surface area contributed by atoms with E-state index < -0.39 is 19.8 Å². The molecular weight excluding hydrogens is 330 g/mol. The van der Waals surface area contributed by atoms with E-state index >= 15 is 0 Å². The molecule has 1 aromatic carbocycles. The smallest absolute Gasteiger partial charge is 0.260 e. The zero-order chi connectivity index (χ0) is 18.0. The fourth-order valence-electron chi connectivity index (χ4n) is 2.68. The van der Waals surface area contributed by atoms with Gasteiger partial charge in [-0.3, -0.25) is 4.79 Å². The average Bonchev–Trinajstić information content (AvgIpc) is 3.02. The summed E-state index contributed by atoms with van der Waals surface area (Å²) in [4.78, 5) is 13.9. The number of hydrogen-bond acceptors (Lipinski definition) is 5. The molecule has 0 saturated carbocycles.